The molecule has 2 heterocycles. The van der Waals surface area contributed by atoms with E-state index in [0.717, 1.165) is 4.09 Å². The maximum Gasteiger partial charge on any atom is 0.287 e. The number of nitro benzene ring substituents is 1. The Morgan fingerprint density at radius 3 is 2.50 bits per heavy atom. The van der Waals surface area contributed by atoms with Crippen LogP contribution in [0.25, 0.3) is 11.3 Å². The van der Waals surface area contributed by atoms with Crippen molar-refractivity contribution in [2.75, 3.05) is 12.4 Å². The van der Waals surface area contributed by atoms with Crippen LogP contribution in [0.5, 0.6) is 5.75 Å². The van der Waals surface area contributed by atoms with Crippen molar-refractivity contribution in [3.63, 3.8) is 0 Å². The van der Waals surface area contributed by atoms with Crippen LogP contribution in [0, 0.1) is 10.1 Å². The number of para-hydroxylation sites is 1. The molecule has 0 saturated heterocycles. The molecule has 0 amide bonds. The first-order chi connectivity index (χ1) is 16.4. The summed E-state index contributed by atoms with van der Waals surface area (Å²) in [6.07, 6.45) is 0. The topological polar surface area (TPSA) is 141 Å². The molecular formula is C22H16N6O5S. The fourth-order valence-electron chi connectivity index (χ4n) is 3.54. The third kappa shape index (κ3) is 3.46. The van der Waals surface area contributed by atoms with Gasteiger partial charge in [0.1, 0.15) is 16.3 Å². The van der Waals surface area contributed by atoms with Crippen molar-refractivity contribution >= 4 is 38.6 Å². The van der Waals surface area contributed by atoms with E-state index in [9.17, 15) is 18.5 Å². The molecule has 1 aliphatic rings. The minimum atomic E-state index is -3.98. The maximum atomic E-state index is 13.3. The number of nitro groups is 1. The van der Waals surface area contributed by atoms with Gasteiger partial charge in [0.2, 0.25) is 0 Å². The number of nitrogens with one attached hydrogen (secondary N) is 1. The minimum absolute atomic E-state index is 0.0881. The summed E-state index contributed by atoms with van der Waals surface area (Å²) >= 11 is 0. The van der Waals surface area contributed by atoms with Crippen LogP contribution >= 0.6 is 0 Å². The lowest BCUT2D eigenvalue weighted by atomic mass is 10.1. The largest absolute Gasteiger partial charge is 0.494 e. The molecule has 12 heteroatoms. The van der Waals surface area contributed by atoms with Crippen molar-refractivity contribution in [1.82, 2.24) is 9.19 Å². The van der Waals surface area contributed by atoms with Crippen molar-refractivity contribution in [3.05, 3.63) is 82.9 Å². The Balaban J connectivity index is 1.69. The molecule has 0 bridgehead atoms. The van der Waals surface area contributed by atoms with Gasteiger partial charge in [0.05, 0.1) is 23.8 Å². The van der Waals surface area contributed by atoms with Crippen LogP contribution in [0.15, 0.2) is 87.9 Å². The summed E-state index contributed by atoms with van der Waals surface area (Å²) in [5.74, 6) is 0.272. The van der Waals surface area contributed by atoms with Crippen molar-refractivity contribution in [2.45, 2.75) is 4.90 Å². The van der Waals surface area contributed by atoms with Gasteiger partial charge in [-0.15, -0.1) is 14.3 Å². The van der Waals surface area contributed by atoms with Gasteiger partial charge < -0.3 is 10.1 Å². The van der Waals surface area contributed by atoms with Gasteiger partial charge in [-0.2, -0.15) is 13.5 Å². The first kappa shape index (κ1) is 21.3. The zero-order valence-corrected chi connectivity index (χ0v) is 18.4. The summed E-state index contributed by atoms with van der Waals surface area (Å²) in [6.45, 7) is 0. The van der Waals surface area contributed by atoms with E-state index in [1.54, 1.807) is 42.5 Å². The molecule has 0 aliphatic carbocycles. The minimum Gasteiger partial charge on any atom is -0.494 e. The van der Waals surface area contributed by atoms with Gasteiger partial charge in [-0.1, -0.05) is 42.5 Å². The van der Waals surface area contributed by atoms with E-state index in [1.165, 1.54) is 31.4 Å². The Morgan fingerprint density at radius 1 is 1.03 bits per heavy atom. The number of aromatic nitrogens is 2. The number of azo groups is 1. The highest BCUT2D eigenvalue weighted by Gasteiger charge is 2.34. The Labute approximate surface area is 193 Å². The lowest BCUT2D eigenvalue weighted by Gasteiger charge is -2.19. The van der Waals surface area contributed by atoms with E-state index >= 15 is 0 Å². The zero-order chi connectivity index (χ0) is 23.9. The van der Waals surface area contributed by atoms with Gasteiger partial charge in [-0.3, -0.25) is 10.1 Å². The molecule has 0 fully saturated rings. The predicted molar refractivity (Wildman–Crippen MR) is 124 cm³/mol. The highest BCUT2D eigenvalue weighted by Crippen LogP contribution is 2.45. The molecule has 0 radical (unpaired) electrons. The van der Waals surface area contributed by atoms with E-state index in [0.29, 0.717) is 16.9 Å². The third-order valence-corrected chi connectivity index (χ3v) is 6.79. The molecule has 0 atom stereocenters. The molecular weight excluding hydrogens is 460 g/mol. The molecule has 5 rings (SSSR count). The van der Waals surface area contributed by atoms with E-state index in [-0.39, 0.29) is 33.5 Å². The number of fused-ring (bicyclic) bond motifs is 2. The number of ether oxygens (including phenoxy) is 1. The van der Waals surface area contributed by atoms with Crippen molar-refractivity contribution in [2.24, 2.45) is 10.2 Å². The molecule has 3 aromatic carbocycles. The van der Waals surface area contributed by atoms with Crippen molar-refractivity contribution in [1.29, 1.82) is 0 Å². The second kappa shape index (κ2) is 8.08. The van der Waals surface area contributed by atoms with E-state index in [4.69, 9.17) is 4.74 Å². The van der Waals surface area contributed by atoms with Gasteiger partial charge in [0.15, 0.2) is 17.3 Å². The quantitative estimate of drug-likeness (QED) is 0.209. The molecule has 1 N–H and O–H groups in total. The number of nitrogens with zero attached hydrogens (tertiary/aromatic N) is 5. The first-order valence-corrected chi connectivity index (χ1v) is 11.4. The number of hydrogen-bond acceptors (Lipinski definition) is 9. The number of non-ortho nitro benzene ring substituents is 1. The molecule has 0 unspecified atom stereocenters. The number of methoxy groups -OCH3 is 1. The van der Waals surface area contributed by atoms with Crippen LogP contribution in [0.2, 0.25) is 0 Å². The van der Waals surface area contributed by atoms with Crippen LogP contribution < -0.4 is 10.1 Å². The van der Waals surface area contributed by atoms with Crippen LogP contribution in [-0.2, 0) is 10.0 Å². The molecule has 0 saturated carbocycles. The highest BCUT2D eigenvalue weighted by molar-refractivity contribution is 7.90. The van der Waals surface area contributed by atoms with Crippen LogP contribution in [0.1, 0.15) is 0 Å². The van der Waals surface area contributed by atoms with Gasteiger partial charge in [-0.05, 0) is 18.2 Å². The fourth-order valence-corrected chi connectivity index (χ4v) is 4.93. The summed E-state index contributed by atoms with van der Waals surface area (Å²) in [5, 5.41) is 27.0. The average Bonchev–Trinajstić information content (AvgIpc) is 3.22. The monoisotopic (exact) mass is 476 g/mol. The van der Waals surface area contributed by atoms with Crippen LogP contribution in [0.4, 0.5) is 28.6 Å². The molecule has 11 nitrogen and oxygen atoms in total. The number of hydrogen-bond donors (Lipinski definition) is 1. The fraction of sp³-hybridized carbons (Fsp3) is 0.0455. The lowest BCUT2D eigenvalue weighted by molar-refractivity contribution is -0.384. The van der Waals surface area contributed by atoms with Crippen molar-refractivity contribution in [3.8, 4) is 17.0 Å². The van der Waals surface area contributed by atoms with Gasteiger partial charge >= 0.3 is 0 Å². The summed E-state index contributed by atoms with van der Waals surface area (Å²) in [4.78, 5) is 10.6. The average molecular weight is 476 g/mol. The predicted octanol–water partition coefficient (Wildman–Crippen LogP) is 5.18. The zero-order valence-electron chi connectivity index (χ0n) is 17.6. The van der Waals surface area contributed by atoms with Gasteiger partial charge in [-0.25, -0.2) is 0 Å². The third-order valence-electron chi connectivity index (χ3n) is 5.16. The highest BCUT2D eigenvalue weighted by atomic mass is 32.2. The smallest absolute Gasteiger partial charge is 0.287 e. The second-order valence-electron chi connectivity index (χ2n) is 7.19. The molecule has 0 spiro atoms. The van der Waals surface area contributed by atoms with E-state index in [1.807, 2.05) is 6.07 Å². The van der Waals surface area contributed by atoms with Crippen LogP contribution in [-0.4, -0.2) is 29.6 Å². The SMILES string of the molecule is COc1cc([N+](=O)[O-])ccc1/N=N/c1c(-c2ccccc2)nn2c1Nc1ccccc1S2(=O)=O. The van der Waals surface area contributed by atoms with Gasteiger partial charge in [0.25, 0.3) is 15.7 Å². The Hall–Kier alpha value is -4.58. The van der Waals surface area contributed by atoms with Crippen LogP contribution in [0.3, 0.4) is 0 Å². The second-order valence-corrected chi connectivity index (χ2v) is 8.93. The molecule has 34 heavy (non-hydrogen) atoms. The lowest BCUT2D eigenvalue weighted by Crippen LogP contribution is -2.22. The molecule has 170 valence electrons. The van der Waals surface area contributed by atoms with E-state index < -0.39 is 14.9 Å². The molecule has 1 aliphatic heterocycles. The standard InChI is InChI=1S/C22H16N6O5S/c1-33-18-13-15(28(29)30)11-12-16(18)24-25-21-20(14-7-3-2-4-8-14)26-27-22(21)23-17-9-5-6-10-19(17)34(27,31)32/h2-13,23H,1H3/b25-24+. The normalized spacial score (nSPS) is 13.7. The first-order valence-electron chi connectivity index (χ1n) is 9.94. The summed E-state index contributed by atoms with van der Waals surface area (Å²) in [6, 6.07) is 19.4. The number of anilines is 2. The van der Waals surface area contributed by atoms with E-state index in [2.05, 4.69) is 20.6 Å². The Kier molecular flexibility index (Phi) is 5.06. The van der Waals surface area contributed by atoms with Crippen molar-refractivity contribution < 1.29 is 18.1 Å². The summed E-state index contributed by atoms with van der Waals surface area (Å²) < 4.78 is 32.7. The summed E-state index contributed by atoms with van der Waals surface area (Å²) in [5.41, 5.74) is 1.57. The number of rotatable bonds is 5. The molecule has 4 aromatic rings. The molecule has 1 aromatic heterocycles. The van der Waals surface area contributed by atoms with Gasteiger partial charge in [0, 0.05) is 11.6 Å². The Bertz CT molecular complexity index is 1560. The number of benzene rings is 3. The summed E-state index contributed by atoms with van der Waals surface area (Å²) in [7, 11) is -2.62. The Morgan fingerprint density at radius 2 is 1.76 bits per heavy atom. The maximum absolute atomic E-state index is 13.3.